The Bertz CT molecular complexity index is 3060. The molecule has 6 N–H and O–H groups in total. The smallest absolute Gasteiger partial charge is 0.312 e. The molecule has 0 saturated carbocycles. The van der Waals surface area contributed by atoms with Crippen LogP contribution in [0, 0.1) is 23.7 Å². The molecular formula is C76H93N5O8. The van der Waals surface area contributed by atoms with Gasteiger partial charge in [0.25, 0.3) is 0 Å². The zero-order chi connectivity index (χ0) is 64.2. The first kappa shape index (κ1) is 69.6. The highest BCUT2D eigenvalue weighted by Crippen LogP contribution is 2.39. The number of rotatable bonds is 31. The molecule has 0 radical (unpaired) electrons. The Kier molecular flexibility index (Phi) is 27.3. The summed E-state index contributed by atoms with van der Waals surface area (Å²) < 4.78 is 11.9. The summed E-state index contributed by atoms with van der Waals surface area (Å²) in [6.45, 7) is 16.9. The Morgan fingerprint density at radius 2 is 0.787 bits per heavy atom. The molecule has 7 rings (SSSR count). The number of ketones is 1. The monoisotopic (exact) mass is 1200 g/mol. The first-order chi connectivity index (χ1) is 42.8. The Balaban J connectivity index is 0.000000317. The SMILES string of the molecule is CC[C@H](C)CCNC(=O)[C@@H](CC(=O)C[C@H](C(=O)OCc1ccccc1)C(C)OC(C)(C)C)CC(=O)NC(c1ccccc1)(c1ccccc1)c1ccccc1.CC[C@H](C)CCNC(=O)[C@@H](N)CC(=O)NC(c1ccccc1)(c1ccccc1)c1ccccc1. The minimum absolute atomic E-state index is 0.0555. The Morgan fingerprint density at radius 1 is 0.449 bits per heavy atom. The summed E-state index contributed by atoms with van der Waals surface area (Å²) in [4.78, 5) is 81.8. The summed E-state index contributed by atoms with van der Waals surface area (Å²) in [6.07, 6.45) is 2.25. The molecule has 0 aliphatic heterocycles. The predicted octanol–water partition coefficient (Wildman–Crippen LogP) is 12.9. The fourth-order valence-corrected chi connectivity index (χ4v) is 10.9. The largest absolute Gasteiger partial charge is 0.461 e. The number of amides is 4. The third kappa shape index (κ3) is 20.8. The standard InChI is InChI=1S/C47H58N2O6.C29H35N3O2/c1-7-34(2)28-29-48-44(52)37(30-41(50)32-42(35(3)55-46(4,5)6)45(53)54-33-36-20-12-8-13-21-36)31-43(51)49-47(38-22-14-9-15-23-38,39-24-16-10-17-25-39)40-26-18-11-19-27-40;1-3-22(2)19-20-31-28(34)26(30)21-27(33)32-29(23-13-7-4-8-14-23,24-15-9-5-10-16-24)25-17-11-6-12-18-25/h8-27,34-35,37,42H,7,28-33H2,1-6H3,(H,48,52)(H,49,51);4-18,22,26H,3,19-21,30H2,1-2H3,(H,31,34)(H,32,33)/t34-,35?,37-,42-;22-,26-/m00/s1. The van der Waals surface area contributed by atoms with E-state index < -0.39 is 52.5 Å². The highest BCUT2D eigenvalue weighted by atomic mass is 16.5. The molecule has 13 nitrogen and oxygen atoms in total. The van der Waals surface area contributed by atoms with E-state index in [1.165, 1.54) is 0 Å². The average molecular weight is 1200 g/mol. The van der Waals surface area contributed by atoms with Gasteiger partial charge in [-0.05, 0) is 91.3 Å². The van der Waals surface area contributed by atoms with Crippen LogP contribution in [0.25, 0.3) is 0 Å². The van der Waals surface area contributed by atoms with Gasteiger partial charge in [-0.15, -0.1) is 0 Å². The van der Waals surface area contributed by atoms with E-state index in [0.717, 1.165) is 64.6 Å². The summed E-state index contributed by atoms with van der Waals surface area (Å²) >= 11 is 0. The van der Waals surface area contributed by atoms with E-state index in [2.05, 4.69) is 49.0 Å². The molecule has 89 heavy (non-hydrogen) atoms. The summed E-state index contributed by atoms with van der Waals surface area (Å²) in [5, 5.41) is 12.4. The van der Waals surface area contributed by atoms with E-state index >= 15 is 0 Å². The van der Waals surface area contributed by atoms with E-state index in [1.54, 1.807) is 6.92 Å². The van der Waals surface area contributed by atoms with Gasteiger partial charge in [0.05, 0.1) is 36.0 Å². The van der Waals surface area contributed by atoms with Gasteiger partial charge in [0.15, 0.2) is 0 Å². The van der Waals surface area contributed by atoms with Gasteiger partial charge in [-0.25, -0.2) is 0 Å². The summed E-state index contributed by atoms with van der Waals surface area (Å²) in [6, 6.07) is 67.2. The van der Waals surface area contributed by atoms with Gasteiger partial charge in [0, 0.05) is 32.4 Å². The van der Waals surface area contributed by atoms with Gasteiger partial charge in [-0.3, -0.25) is 28.8 Å². The van der Waals surface area contributed by atoms with Crippen LogP contribution in [0.5, 0.6) is 0 Å². The van der Waals surface area contributed by atoms with Crippen molar-refractivity contribution in [1.82, 2.24) is 21.3 Å². The third-order valence-corrected chi connectivity index (χ3v) is 16.3. The van der Waals surface area contributed by atoms with Crippen molar-refractivity contribution in [2.24, 2.45) is 29.4 Å². The molecule has 4 amide bonds. The van der Waals surface area contributed by atoms with Crippen LogP contribution in [0.4, 0.5) is 0 Å². The molecule has 0 aliphatic rings. The summed E-state index contributed by atoms with van der Waals surface area (Å²) in [5.74, 6) is -3.22. The molecule has 0 bridgehead atoms. The minimum Gasteiger partial charge on any atom is -0.461 e. The second-order valence-electron chi connectivity index (χ2n) is 24.3. The van der Waals surface area contributed by atoms with Crippen molar-refractivity contribution in [3.05, 3.63) is 251 Å². The topological polar surface area (TPSA) is 195 Å². The second-order valence-corrected chi connectivity index (χ2v) is 24.3. The van der Waals surface area contributed by atoms with Crippen molar-refractivity contribution in [2.75, 3.05) is 13.1 Å². The van der Waals surface area contributed by atoms with Crippen LogP contribution in [-0.4, -0.2) is 66.2 Å². The van der Waals surface area contributed by atoms with Crippen molar-refractivity contribution in [2.45, 2.75) is 142 Å². The third-order valence-electron chi connectivity index (χ3n) is 16.3. The van der Waals surface area contributed by atoms with Gasteiger partial charge >= 0.3 is 5.97 Å². The van der Waals surface area contributed by atoms with E-state index in [0.29, 0.717) is 24.9 Å². The van der Waals surface area contributed by atoms with Crippen molar-refractivity contribution in [3.63, 3.8) is 0 Å². The van der Waals surface area contributed by atoms with Crippen LogP contribution in [0.1, 0.15) is 146 Å². The zero-order valence-electron chi connectivity index (χ0n) is 53.3. The molecule has 0 saturated heterocycles. The molecule has 13 heteroatoms. The highest BCUT2D eigenvalue weighted by Gasteiger charge is 2.41. The Hall–Kier alpha value is -8.52. The number of carbonyl (C=O) groups is 6. The second kappa shape index (κ2) is 34.9. The van der Waals surface area contributed by atoms with Crippen molar-refractivity contribution in [3.8, 4) is 0 Å². The Morgan fingerprint density at radius 3 is 1.13 bits per heavy atom. The van der Waals surface area contributed by atoms with E-state index in [1.807, 2.05) is 233 Å². The molecular weight excluding hydrogens is 1110 g/mol. The van der Waals surface area contributed by atoms with Crippen molar-refractivity contribution in [1.29, 1.82) is 0 Å². The summed E-state index contributed by atoms with van der Waals surface area (Å²) in [5.41, 5.74) is 9.66. The predicted molar refractivity (Wildman–Crippen MR) is 354 cm³/mol. The average Bonchev–Trinajstić information content (AvgIpc) is 0.891. The Labute approximate surface area is 528 Å². The molecule has 7 aromatic rings. The maximum atomic E-state index is 14.4. The maximum Gasteiger partial charge on any atom is 0.312 e. The number of Topliss-reactive ketones (excluding diaryl/α,β-unsaturated/α-hetero) is 1. The summed E-state index contributed by atoms with van der Waals surface area (Å²) in [7, 11) is 0. The van der Waals surface area contributed by atoms with E-state index in [-0.39, 0.29) is 55.8 Å². The number of benzene rings is 7. The molecule has 0 heterocycles. The van der Waals surface area contributed by atoms with Crippen LogP contribution >= 0.6 is 0 Å². The van der Waals surface area contributed by atoms with Gasteiger partial charge in [0.2, 0.25) is 23.6 Å². The fourth-order valence-electron chi connectivity index (χ4n) is 10.9. The van der Waals surface area contributed by atoms with Crippen LogP contribution in [0.15, 0.2) is 212 Å². The van der Waals surface area contributed by atoms with Crippen LogP contribution in [0.2, 0.25) is 0 Å². The number of hydrogen-bond acceptors (Lipinski definition) is 9. The number of hydrogen-bond donors (Lipinski definition) is 5. The fraction of sp³-hybridized carbons (Fsp3) is 0.368. The number of nitrogens with two attached hydrogens (primary N) is 1. The normalized spacial score (nSPS) is 13.5. The van der Waals surface area contributed by atoms with Gasteiger partial charge < -0.3 is 36.5 Å². The number of ether oxygens (including phenoxy) is 2. The zero-order valence-corrected chi connectivity index (χ0v) is 53.3. The molecule has 470 valence electrons. The lowest BCUT2D eigenvalue weighted by Crippen LogP contribution is -2.51. The molecule has 6 atom stereocenters. The van der Waals surface area contributed by atoms with Crippen molar-refractivity contribution >= 4 is 35.4 Å². The quantitative estimate of drug-likeness (QED) is 0.0208. The van der Waals surface area contributed by atoms with E-state index in [9.17, 15) is 28.8 Å². The molecule has 0 aliphatic carbocycles. The molecule has 0 fully saturated rings. The van der Waals surface area contributed by atoms with Crippen molar-refractivity contribution < 1.29 is 38.2 Å². The van der Waals surface area contributed by atoms with Crippen LogP contribution < -0.4 is 27.0 Å². The van der Waals surface area contributed by atoms with Crippen LogP contribution in [0.3, 0.4) is 0 Å². The van der Waals surface area contributed by atoms with Crippen LogP contribution in [-0.2, 0) is 55.9 Å². The lowest BCUT2D eigenvalue weighted by molar-refractivity contribution is -0.162. The first-order valence-electron chi connectivity index (χ1n) is 31.5. The first-order valence-corrected chi connectivity index (χ1v) is 31.5. The van der Waals surface area contributed by atoms with Gasteiger partial charge in [-0.2, -0.15) is 0 Å². The highest BCUT2D eigenvalue weighted by molar-refractivity contribution is 5.93. The molecule has 7 aromatic carbocycles. The molecule has 0 aromatic heterocycles. The molecule has 1 unspecified atom stereocenters. The maximum absolute atomic E-state index is 14.4. The minimum atomic E-state index is -1.09. The number of nitrogens with one attached hydrogen (secondary N) is 4. The number of esters is 1. The van der Waals surface area contributed by atoms with Gasteiger partial charge in [0.1, 0.15) is 23.5 Å². The lowest BCUT2D eigenvalue weighted by atomic mass is 9.76. The van der Waals surface area contributed by atoms with Gasteiger partial charge in [-0.1, -0.05) is 253 Å². The van der Waals surface area contributed by atoms with E-state index in [4.69, 9.17) is 15.2 Å². The molecule has 0 spiro atoms. The number of carbonyl (C=O) groups excluding carboxylic acids is 6. The lowest BCUT2D eigenvalue weighted by Gasteiger charge is -2.37.